The molecule has 0 amide bonds. The van der Waals surface area contributed by atoms with Gasteiger partial charge in [0.2, 0.25) is 0 Å². The largest absolute Gasteiger partial charge is 0.490 e. The van der Waals surface area contributed by atoms with E-state index in [1.165, 1.54) is 0 Å². The summed E-state index contributed by atoms with van der Waals surface area (Å²) in [6.07, 6.45) is 0. The number of hydrogen-bond acceptors (Lipinski definition) is 3. The van der Waals surface area contributed by atoms with Gasteiger partial charge in [-0.15, -0.1) is 0 Å². The Morgan fingerprint density at radius 3 is 2.80 bits per heavy atom. The van der Waals surface area contributed by atoms with Crippen LogP contribution in [0.4, 0.5) is 0 Å². The molecule has 0 saturated heterocycles. The first-order valence-electron chi connectivity index (χ1n) is 4.88. The third-order valence-corrected chi connectivity index (χ3v) is 2.52. The second kappa shape index (κ2) is 6.82. The summed E-state index contributed by atoms with van der Waals surface area (Å²) in [5.41, 5.74) is 0.779. The molecule has 1 aromatic rings. The second-order valence-electron chi connectivity index (χ2n) is 2.93. The van der Waals surface area contributed by atoms with Crippen LogP contribution in [0.2, 0.25) is 0 Å². The maximum absolute atomic E-state index is 9.11. The molecule has 0 aliphatic carbocycles. The molecular weight excluding hydrogens is 260 g/mol. The van der Waals surface area contributed by atoms with Crippen LogP contribution in [0.25, 0.3) is 0 Å². The molecule has 0 aromatic heterocycles. The molecule has 15 heavy (non-hydrogen) atoms. The normalized spacial score (nSPS) is 10.3. The van der Waals surface area contributed by atoms with Gasteiger partial charge in [-0.3, -0.25) is 0 Å². The summed E-state index contributed by atoms with van der Waals surface area (Å²) >= 11 is 3.38. The molecule has 1 aromatic carbocycles. The lowest BCUT2D eigenvalue weighted by molar-refractivity contribution is 0.109. The summed E-state index contributed by atoms with van der Waals surface area (Å²) in [6, 6.07) is 5.58. The van der Waals surface area contributed by atoms with Crippen LogP contribution in [0, 0.1) is 0 Å². The quantitative estimate of drug-likeness (QED) is 0.810. The molecule has 4 heteroatoms. The summed E-state index contributed by atoms with van der Waals surface area (Å²) in [5, 5.41) is 9.11. The smallest absolute Gasteiger partial charge is 0.139 e. The minimum absolute atomic E-state index is 0.0244. The Labute approximate surface area is 98.1 Å². The molecule has 0 aliphatic heterocycles. The van der Waals surface area contributed by atoms with E-state index >= 15 is 0 Å². The number of rotatable bonds is 6. The van der Waals surface area contributed by atoms with Crippen molar-refractivity contribution in [2.75, 3.05) is 19.8 Å². The first kappa shape index (κ1) is 12.5. The molecule has 3 nitrogen and oxygen atoms in total. The van der Waals surface area contributed by atoms with Gasteiger partial charge in [0, 0.05) is 12.2 Å². The van der Waals surface area contributed by atoms with Crippen LogP contribution in [-0.4, -0.2) is 24.9 Å². The monoisotopic (exact) mass is 274 g/mol. The summed E-state index contributed by atoms with van der Waals surface area (Å²) < 4.78 is 11.5. The lowest BCUT2D eigenvalue weighted by atomic mass is 10.2. The van der Waals surface area contributed by atoms with E-state index in [0.717, 1.165) is 10.0 Å². The van der Waals surface area contributed by atoms with Crippen LogP contribution >= 0.6 is 15.9 Å². The Bertz CT molecular complexity index is 302. The van der Waals surface area contributed by atoms with E-state index in [0.29, 0.717) is 25.6 Å². The van der Waals surface area contributed by atoms with Crippen molar-refractivity contribution >= 4 is 15.9 Å². The molecule has 0 spiro atoms. The molecular formula is C11H15BrO3. The van der Waals surface area contributed by atoms with Gasteiger partial charge in [0.05, 0.1) is 17.7 Å². The van der Waals surface area contributed by atoms with Gasteiger partial charge in [0.25, 0.3) is 0 Å². The van der Waals surface area contributed by atoms with Crippen LogP contribution in [0.15, 0.2) is 22.7 Å². The van der Waals surface area contributed by atoms with E-state index in [1.807, 2.05) is 25.1 Å². The van der Waals surface area contributed by atoms with E-state index in [2.05, 4.69) is 15.9 Å². The van der Waals surface area contributed by atoms with E-state index in [-0.39, 0.29) is 6.61 Å². The predicted molar refractivity (Wildman–Crippen MR) is 62.1 cm³/mol. The molecule has 0 radical (unpaired) electrons. The van der Waals surface area contributed by atoms with Crippen LogP contribution < -0.4 is 4.74 Å². The number of ether oxygens (including phenoxy) is 2. The van der Waals surface area contributed by atoms with E-state index in [1.54, 1.807) is 0 Å². The zero-order chi connectivity index (χ0) is 11.1. The molecule has 0 fully saturated rings. The van der Waals surface area contributed by atoms with Crippen LogP contribution in [0.5, 0.6) is 5.75 Å². The Morgan fingerprint density at radius 1 is 1.33 bits per heavy atom. The fourth-order valence-corrected chi connectivity index (χ4v) is 1.71. The third-order valence-electron chi connectivity index (χ3n) is 1.90. The number of benzene rings is 1. The molecule has 84 valence electrons. The highest BCUT2D eigenvalue weighted by Gasteiger charge is 2.06. The molecule has 0 unspecified atom stereocenters. The van der Waals surface area contributed by atoms with Gasteiger partial charge in [0.1, 0.15) is 12.4 Å². The summed E-state index contributed by atoms with van der Waals surface area (Å²) in [5.74, 6) is 0.694. The van der Waals surface area contributed by atoms with Crippen molar-refractivity contribution in [3.05, 3.63) is 28.2 Å². The van der Waals surface area contributed by atoms with Crippen molar-refractivity contribution in [2.24, 2.45) is 0 Å². The molecule has 1 rings (SSSR count). The highest BCUT2D eigenvalue weighted by atomic mass is 79.9. The minimum Gasteiger partial charge on any atom is -0.490 e. The van der Waals surface area contributed by atoms with Crippen molar-refractivity contribution in [2.45, 2.75) is 13.5 Å². The first-order valence-corrected chi connectivity index (χ1v) is 5.67. The first-order chi connectivity index (χ1) is 7.29. The average molecular weight is 275 g/mol. The van der Waals surface area contributed by atoms with E-state index in [4.69, 9.17) is 14.6 Å². The van der Waals surface area contributed by atoms with Crippen LogP contribution in [0.3, 0.4) is 0 Å². The lowest BCUT2D eigenvalue weighted by Crippen LogP contribution is -2.08. The molecule has 0 saturated carbocycles. The zero-order valence-electron chi connectivity index (χ0n) is 8.70. The van der Waals surface area contributed by atoms with Crippen molar-refractivity contribution < 1.29 is 14.6 Å². The van der Waals surface area contributed by atoms with Gasteiger partial charge in [0.15, 0.2) is 0 Å². The predicted octanol–water partition coefficient (Wildman–Crippen LogP) is 2.36. The van der Waals surface area contributed by atoms with Gasteiger partial charge in [-0.05, 0) is 28.9 Å². The highest BCUT2D eigenvalue weighted by molar-refractivity contribution is 9.10. The molecule has 0 aliphatic rings. The van der Waals surface area contributed by atoms with Crippen molar-refractivity contribution in [3.63, 3.8) is 0 Å². The van der Waals surface area contributed by atoms with Crippen molar-refractivity contribution in [1.82, 2.24) is 0 Å². The van der Waals surface area contributed by atoms with E-state index < -0.39 is 0 Å². The maximum atomic E-state index is 9.11. The van der Waals surface area contributed by atoms with Crippen molar-refractivity contribution in [1.29, 1.82) is 0 Å². The van der Waals surface area contributed by atoms with Gasteiger partial charge in [-0.25, -0.2) is 0 Å². The minimum atomic E-state index is -0.0244. The number of aliphatic hydroxyl groups is 1. The SMILES string of the molecule is CCOCCOc1c(Br)cccc1CO. The summed E-state index contributed by atoms with van der Waals surface area (Å²) in [7, 11) is 0. The Hall–Kier alpha value is -0.580. The second-order valence-corrected chi connectivity index (χ2v) is 3.79. The fourth-order valence-electron chi connectivity index (χ4n) is 1.19. The maximum Gasteiger partial charge on any atom is 0.139 e. The Balaban J connectivity index is 2.58. The average Bonchev–Trinajstić information content (AvgIpc) is 2.26. The summed E-state index contributed by atoms with van der Waals surface area (Å²) in [4.78, 5) is 0. The fraction of sp³-hybridized carbons (Fsp3) is 0.455. The Morgan fingerprint density at radius 2 is 2.13 bits per heavy atom. The van der Waals surface area contributed by atoms with Gasteiger partial charge < -0.3 is 14.6 Å². The van der Waals surface area contributed by atoms with Gasteiger partial charge >= 0.3 is 0 Å². The van der Waals surface area contributed by atoms with Crippen LogP contribution in [0.1, 0.15) is 12.5 Å². The van der Waals surface area contributed by atoms with Gasteiger partial charge in [-0.1, -0.05) is 12.1 Å². The number of halogens is 1. The molecule has 0 atom stereocenters. The number of para-hydroxylation sites is 1. The molecule has 1 N–H and O–H groups in total. The standard InChI is InChI=1S/C11H15BrO3/c1-2-14-6-7-15-11-9(8-13)4-3-5-10(11)12/h3-5,13H,2,6-8H2,1H3. The topological polar surface area (TPSA) is 38.7 Å². The van der Waals surface area contributed by atoms with E-state index in [9.17, 15) is 0 Å². The third kappa shape index (κ3) is 3.81. The lowest BCUT2D eigenvalue weighted by Gasteiger charge is -2.11. The Kier molecular flexibility index (Phi) is 5.68. The summed E-state index contributed by atoms with van der Waals surface area (Å²) in [6.45, 7) is 3.65. The van der Waals surface area contributed by atoms with Crippen molar-refractivity contribution in [3.8, 4) is 5.75 Å². The van der Waals surface area contributed by atoms with Crippen LogP contribution in [-0.2, 0) is 11.3 Å². The number of aliphatic hydroxyl groups excluding tert-OH is 1. The number of hydrogen-bond donors (Lipinski definition) is 1. The van der Waals surface area contributed by atoms with Gasteiger partial charge in [-0.2, -0.15) is 0 Å². The zero-order valence-corrected chi connectivity index (χ0v) is 10.3. The molecule has 0 heterocycles. The highest BCUT2D eigenvalue weighted by Crippen LogP contribution is 2.28. The molecule has 0 bridgehead atoms.